The number of halogens is 1. The molecule has 2 unspecified atom stereocenters. The Labute approximate surface area is 103 Å². The summed E-state index contributed by atoms with van der Waals surface area (Å²) in [6.45, 7) is 3.92. The van der Waals surface area contributed by atoms with Gasteiger partial charge < -0.3 is 15.4 Å². The monoisotopic (exact) mass is 248 g/mol. The van der Waals surface area contributed by atoms with Crippen LogP contribution in [-0.2, 0) is 9.53 Å². The van der Waals surface area contributed by atoms with E-state index in [0.29, 0.717) is 6.04 Å². The first-order valence-electron chi connectivity index (χ1n) is 5.93. The number of carbonyl (C=O) groups excluding carboxylic acids is 1. The van der Waals surface area contributed by atoms with Gasteiger partial charge in [0, 0.05) is 18.7 Å². The zero-order valence-corrected chi connectivity index (χ0v) is 10.5. The van der Waals surface area contributed by atoms with Gasteiger partial charge in [0.2, 0.25) is 5.91 Å². The third kappa shape index (κ3) is 3.34. The van der Waals surface area contributed by atoms with Crippen LogP contribution in [0.2, 0.25) is 0 Å². The summed E-state index contributed by atoms with van der Waals surface area (Å²) in [5.41, 5.74) is 0. The molecule has 0 saturated carbocycles. The molecule has 0 aliphatic carbocycles. The number of piperidine rings is 1. The van der Waals surface area contributed by atoms with E-state index >= 15 is 0 Å². The molecule has 2 aliphatic rings. The van der Waals surface area contributed by atoms with Gasteiger partial charge in [0.05, 0.1) is 0 Å². The molecule has 2 heterocycles. The van der Waals surface area contributed by atoms with Gasteiger partial charge in [-0.1, -0.05) is 0 Å². The van der Waals surface area contributed by atoms with Crippen LogP contribution < -0.4 is 10.6 Å². The molecule has 1 amide bonds. The third-order valence-corrected chi connectivity index (χ3v) is 3.31. The van der Waals surface area contributed by atoms with Gasteiger partial charge in [-0.05, 0) is 39.2 Å². The van der Waals surface area contributed by atoms with Gasteiger partial charge in [-0.3, -0.25) is 4.79 Å². The molecule has 0 radical (unpaired) electrons. The van der Waals surface area contributed by atoms with E-state index < -0.39 is 0 Å². The molecular formula is C11H21ClN2O2. The van der Waals surface area contributed by atoms with Crippen LogP contribution in [0.25, 0.3) is 0 Å². The second-order valence-corrected chi connectivity index (χ2v) is 4.50. The van der Waals surface area contributed by atoms with Crippen molar-refractivity contribution in [3.63, 3.8) is 0 Å². The Bertz CT molecular complexity index is 232. The van der Waals surface area contributed by atoms with Gasteiger partial charge >= 0.3 is 0 Å². The summed E-state index contributed by atoms with van der Waals surface area (Å²) >= 11 is 0. The van der Waals surface area contributed by atoms with E-state index in [2.05, 4.69) is 17.6 Å². The number of amides is 1. The predicted molar refractivity (Wildman–Crippen MR) is 64.9 cm³/mol. The van der Waals surface area contributed by atoms with Crippen molar-refractivity contribution >= 4 is 18.3 Å². The first-order chi connectivity index (χ1) is 7.27. The number of nitrogens with one attached hydrogen (secondary N) is 2. The van der Waals surface area contributed by atoms with Crippen LogP contribution in [0.5, 0.6) is 0 Å². The van der Waals surface area contributed by atoms with Crippen molar-refractivity contribution in [3.05, 3.63) is 0 Å². The molecule has 0 bridgehead atoms. The molecular weight excluding hydrogens is 228 g/mol. The van der Waals surface area contributed by atoms with Crippen molar-refractivity contribution < 1.29 is 9.53 Å². The van der Waals surface area contributed by atoms with Crippen LogP contribution in [-0.4, -0.2) is 37.2 Å². The van der Waals surface area contributed by atoms with Crippen LogP contribution in [0.4, 0.5) is 0 Å². The molecule has 0 aromatic rings. The number of carbonyl (C=O) groups is 1. The Kier molecular flexibility index (Phi) is 5.52. The molecule has 16 heavy (non-hydrogen) atoms. The molecule has 3 atom stereocenters. The Morgan fingerprint density at radius 3 is 2.81 bits per heavy atom. The van der Waals surface area contributed by atoms with Gasteiger partial charge in [-0.25, -0.2) is 0 Å². The zero-order valence-electron chi connectivity index (χ0n) is 9.70. The standard InChI is InChI=1S/C11H20N2O2.ClH/c1-8-9(4-2-6-12-8)13-11(14)10-5-3-7-15-10;/h8-10,12H,2-7H2,1H3,(H,13,14);1H/t8?,9?,10-;/m1./s1. The second kappa shape index (κ2) is 6.42. The van der Waals surface area contributed by atoms with E-state index in [1.165, 1.54) is 0 Å². The maximum absolute atomic E-state index is 11.8. The van der Waals surface area contributed by atoms with Crippen molar-refractivity contribution in [2.75, 3.05) is 13.2 Å². The molecule has 2 fully saturated rings. The van der Waals surface area contributed by atoms with E-state index in [0.717, 1.165) is 38.8 Å². The fourth-order valence-electron chi connectivity index (χ4n) is 2.30. The summed E-state index contributed by atoms with van der Waals surface area (Å²) in [6.07, 6.45) is 3.91. The summed E-state index contributed by atoms with van der Waals surface area (Å²) in [7, 11) is 0. The minimum Gasteiger partial charge on any atom is -0.368 e. The van der Waals surface area contributed by atoms with E-state index in [-0.39, 0.29) is 30.5 Å². The second-order valence-electron chi connectivity index (χ2n) is 4.50. The van der Waals surface area contributed by atoms with Gasteiger partial charge in [0.25, 0.3) is 0 Å². The lowest BCUT2D eigenvalue weighted by molar-refractivity contribution is -0.131. The first-order valence-corrected chi connectivity index (χ1v) is 5.93. The predicted octanol–water partition coefficient (Wildman–Crippen LogP) is 0.844. The van der Waals surface area contributed by atoms with Gasteiger partial charge in [-0.15, -0.1) is 12.4 Å². The first kappa shape index (κ1) is 13.7. The van der Waals surface area contributed by atoms with Crippen LogP contribution in [0.3, 0.4) is 0 Å². The zero-order chi connectivity index (χ0) is 10.7. The van der Waals surface area contributed by atoms with E-state index in [1.54, 1.807) is 0 Å². The van der Waals surface area contributed by atoms with Crippen molar-refractivity contribution in [1.29, 1.82) is 0 Å². The minimum atomic E-state index is -0.195. The Morgan fingerprint density at radius 2 is 2.19 bits per heavy atom. The highest BCUT2D eigenvalue weighted by Crippen LogP contribution is 2.14. The number of hydrogen-bond acceptors (Lipinski definition) is 3. The molecule has 2 aliphatic heterocycles. The quantitative estimate of drug-likeness (QED) is 0.762. The van der Waals surface area contributed by atoms with Gasteiger partial charge in [-0.2, -0.15) is 0 Å². The third-order valence-electron chi connectivity index (χ3n) is 3.31. The average molecular weight is 249 g/mol. The maximum Gasteiger partial charge on any atom is 0.249 e. The number of rotatable bonds is 2. The van der Waals surface area contributed by atoms with Crippen LogP contribution in [0.1, 0.15) is 32.6 Å². The lowest BCUT2D eigenvalue weighted by atomic mass is 9.99. The fraction of sp³-hybridized carbons (Fsp3) is 0.909. The van der Waals surface area contributed by atoms with E-state index in [9.17, 15) is 4.79 Å². The molecule has 5 heteroatoms. The van der Waals surface area contributed by atoms with Crippen molar-refractivity contribution in [3.8, 4) is 0 Å². The number of ether oxygens (including phenoxy) is 1. The topological polar surface area (TPSA) is 50.4 Å². The SMILES string of the molecule is CC1NCCCC1NC(=O)[C@H]1CCCO1.Cl. The summed E-state index contributed by atoms with van der Waals surface area (Å²) in [6, 6.07) is 0.652. The lowest BCUT2D eigenvalue weighted by Gasteiger charge is -2.31. The maximum atomic E-state index is 11.8. The Morgan fingerprint density at radius 1 is 1.38 bits per heavy atom. The van der Waals surface area contributed by atoms with Crippen LogP contribution in [0, 0.1) is 0 Å². The van der Waals surface area contributed by atoms with E-state index in [4.69, 9.17) is 4.74 Å². The summed E-state index contributed by atoms with van der Waals surface area (Å²) in [5, 5.41) is 6.46. The highest BCUT2D eigenvalue weighted by molar-refractivity contribution is 5.85. The highest BCUT2D eigenvalue weighted by Gasteiger charge is 2.28. The summed E-state index contributed by atoms with van der Waals surface area (Å²) < 4.78 is 5.36. The van der Waals surface area contributed by atoms with Crippen molar-refractivity contribution in [2.45, 2.75) is 50.8 Å². The largest absolute Gasteiger partial charge is 0.368 e. The molecule has 4 nitrogen and oxygen atoms in total. The summed E-state index contributed by atoms with van der Waals surface area (Å²) in [5.74, 6) is 0.0769. The minimum absolute atomic E-state index is 0. The smallest absolute Gasteiger partial charge is 0.249 e. The lowest BCUT2D eigenvalue weighted by Crippen LogP contribution is -2.53. The molecule has 2 saturated heterocycles. The fourth-order valence-corrected chi connectivity index (χ4v) is 2.30. The average Bonchev–Trinajstić information content (AvgIpc) is 2.74. The molecule has 0 aromatic carbocycles. The molecule has 2 N–H and O–H groups in total. The normalized spacial score (nSPS) is 34.2. The van der Waals surface area contributed by atoms with Crippen LogP contribution >= 0.6 is 12.4 Å². The molecule has 0 spiro atoms. The highest BCUT2D eigenvalue weighted by atomic mass is 35.5. The van der Waals surface area contributed by atoms with Crippen molar-refractivity contribution in [1.82, 2.24) is 10.6 Å². The Balaban J connectivity index is 0.00000128. The van der Waals surface area contributed by atoms with Crippen LogP contribution in [0.15, 0.2) is 0 Å². The molecule has 2 rings (SSSR count). The van der Waals surface area contributed by atoms with E-state index in [1.807, 2.05) is 0 Å². The van der Waals surface area contributed by atoms with Gasteiger partial charge in [0.15, 0.2) is 0 Å². The van der Waals surface area contributed by atoms with Crippen molar-refractivity contribution in [2.24, 2.45) is 0 Å². The van der Waals surface area contributed by atoms with Gasteiger partial charge in [0.1, 0.15) is 6.10 Å². The molecule has 94 valence electrons. The summed E-state index contributed by atoms with van der Waals surface area (Å²) in [4.78, 5) is 11.8. The Hall–Kier alpha value is -0.320. The molecule has 0 aromatic heterocycles. The number of hydrogen-bond donors (Lipinski definition) is 2.